The molecule has 0 amide bonds. The SMILES string of the molecule is CCOc1ccc(C(N)CSCc2ccccc2C)cc1. The maximum Gasteiger partial charge on any atom is 0.119 e. The molecule has 1 atom stereocenters. The monoisotopic (exact) mass is 301 g/mol. The largest absolute Gasteiger partial charge is 0.494 e. The summed E-state index contributed by atoms with van der Waals surface area (Å²) < 4.78 is 5.45. The van der Waals surface area contributed by atoms with Crippen LogP contribution in [0.1, 0.15) is 29.7 Å². The molecule has 0 saturated carbocycles. The fourth-order valence-corrected chi connectivity index (χ4v) is 3.25. The highest BCUT2D eigenvalue weighted by Crippen LogP contribution is 2.22. The molecule has 0 bridgehead atoms. The Bertz CT molecular complexity index is 553. The number of hydrogen-bond donors (Lipinski definition) is 1. The van der Waals surface area contributed by atoms with Crippen LogP contribution < -0.4 is 10.5 Å². The maximum atomic E-state index is 6.26. The quantitative estimate of drug-likeness (QED) is 0.827. The second-order valence-electron chi connectivity index (χ2n) is 5.05. The Morgan fingerprint density at radius 2 is 1.81 bits per heavy atom. The fraction of sp³-hybridized carbons (Fsp3) is 0.333. The van der Waals surface area contributed by atoms with E-state index in [1.807, 2.05) is 30.8 Å². The van der Waals surface area contributed by atoms with Crippen LogP contribution in [0.25, 0.3) is 0 Å². The van der Waals surface area contributed by atoms with Crippen LogP contribution in [0.5, 0.6) is 5.75 Å². The number of hydrogen-bond acceptors (Lipinski definition) is 3. The van der Waals surface area contributed by atoms with Crippen molar-refractivity contribution in [2.75, 3.05) is 12.4 Å². The minimum atomic E-state index is 0.0645. The summed E-state index contributed by atoms with van der Waals surface area (Å²) in [6.07, 6.45) is 0. The van der Waals surface area contributed by atoms with E-state index in [4.69, 9.17) is 10.5 Å². The first-order valence-electron chi connectivity index (χ1n) is 7.31. The predicted octanol–water partition coefficient (Wildman–Crippen LogP) is 4.33. The lowest BCUT2D eigenvalue weighted by Crippen LogP contribution is -2.13. The molecular formula is C18H23NOS. The zero-order chi connectivity index (χ0) is 15.1. The Kier molecular flexibility index (Phi) is 6.15. The number of rotatable bonds is 7. The summed E-state index contributed by atoms with van der Waals surface area (Å²) in [6, 6.07) is 16.7. The van der Waals surface area contributed by atoms with E-state index in [0.29, 0.717) is 6.61 Å². The van der Waals surface area contributed by atoms with Gasteiger partial charge in [-0.1, -0.05) is 36.4 Å². The first kappa shape index (κ1) is 15.9. The summed E-state index contributed by atoms with van der Waals surface area (Å²) in [5.74, 6) is 2.83. The van der Waals surface area contributed by atoms with Gasteiger partial charge in [-0.15, -0.1) is 0 Å². The fourth-order valence-electron chi connectivity index (χ4n) is 2.14. The lowest BCUT2D eigenvalue weighted by Gasteiger charge is -2.13. The molecule has 2 rings (SSSR count). The van der Waals surface area contributed by atoms with Gasteiger partial charge in [0, 0.05) is 17.5 Å². The van der Waals surface area contributed by atoms with Crippen molar-refractivity contribution in [3.05, 3.63) is 65.2 Å². The molecule has 2 nitrogen and oxygen atoms in total. The molecular weight excluding hydrogens is 278 g/mol. The molecule has 1 unspecified atom stereocenters. The number of benzene rings is 2. The van der Waals surface area contributed by atoms with Crippen molar-refractivity contribution in [1.29, 1.82) is 0 Å². The Balaban J connectivity index is 1.84. The van der Waals surface area contributed by atoms with E-state index in [9.17, 15) is 0 Å². The van der Waals surface area contributed by atoms with Crippen LogP contribution in [0.3, 0.4) is 0 Å². The van der Waals surface area contributed by atoms with E-state index >= 15 is 0 Å². The molecule has 3 heteroatoms. The normalized spacial score (nSPS) is 12.1. The van der Waals surface area contributed by atoms with Gasteiger partial charge in [-0.2, -0.15) is 11.8 Å². The van der Waals surface area contributed by atoms with Gasteiger partial charge >= 0.3 is 0 Å². The number of ether oxygens (including phenoxy) is 1. The van der Waals surface area contributed by atoms with Crippen LogP contribution in [0, 0.1) is 6.92 Å². The highest BCUT2D eigenvalue weighted by molar-refractivity contribution is 7.98. The molecule has 0 fully saturated rings. The Morgan fingerprint density at radius 1 is 1.10 bits per heavy atom. The standard InChI is InChI=1S/C18H23NOS/c1-3-20-17-10-8-15(9-11-17)18(19)13-21-12-16-7-5-4-6-14(16)2/h4-11,18H,3,12-13,19H2,1-2H3. The predicted molar refractivity (Wildman–Crippen MR) is 91.9 cm³/mol. The molecule has 112 valence electrons. The van der Waals surface area contributed by atoms with E-state index in [1.165, 1.54) is 11.1 Å². The molecule has 0 saturated heterocycles. The summed E-state index contributed by atoms with van der Waals surface area (Å²) in [7, 11) is 0. The maximum absolute atomic E-state index is 6.26. The van der Waals surface area contributed by atoms with E-state index in [1.54, 1.807) is 0 Å². The summed E-state index contributed by atoms with van der Waals surface area (Å²) in [4.78, 5) is 0. The van der Waals surface area contributed by atoms with Gasteiger partial charge in [0.05, 0.1) is 6.61 Å². The van der Waals surface area contributed by atoms with E-state index in [0.717, 1.165) is 22.8 Å². The van der Waals surface area contributed by atoms with Crippen molar-refractivity contribution < 1.29 is 4.74 Å². The van der Waals surface area contributed by atoms with Crippen LogP contribution in [0.2, 0.25) is 0 Å². The molecule has 0 heterocycles. The van der Waals surface area contributed by atoms with E-state index in [2.05, 4.69) is 43.3 Å². The number of aryl methyl sites for hydroxylation is 1. The van der Waals surface area contributed by atoms with E-state index < -0.39 is 0 Å². The molecule has 21 heavy (non-hydrogen) atoms. The Labute approximate surface area is 131 Å². The first-order chi connectivity index (χ1) is 10.2. The van der Waals surface area contributed by atoms with Crippen LogP contribution in [-0.4, -0.2) is 12.4 Å². The highest BCUT2D eigenvalue weighted by atomic mass is 32.2. The van der Waals surface area contributed by atoms with Crippen molar-refractivity contribution in [2.24, 2.45) is 5.73 Å². The average Bonchev–Trinajstić information content (AvgIpc) is 2.50. The van der Waals surface area contributed by atoms with Crippen molar-refractivity contribution >= 4 is 11.8 Å². The molecule has 2 aromatic carbocycles. The van der Waals surface area contributed by atoms with Gasteiger partial charge in [0.25, 0.3) is 0 Å². The molecule has 2 N–H and O–H groups in total. The smallest absolute Gasteiger partial charge is 0.119 e. The third kappa shape index (κ3) is 4.80. The summed E-state index contributed by atoms with van der Waals surface area (Å²) in [5.41, 5.74) is 10.2. The Morgan fingerprint density at radius 3 is 2.48 bits per heavy atom. The minimum absolute atomic E-state index is 0.0645. The summed E-state index contributed by atoms with van der Waals surface area (Å²) >= 11 is 1.88. The van der Waals surface area contributed by atoms with Crippen LogP contribution in [-0.2, 0) is 5.75 Å². The van der Waals surface area contributed by atoms with Crippen molar-refractivity contribution in [2.45, 2.75) is 25.6 Å². The van der Waals surface area contributed by atoms with Crippen LogP contribution >= 0.6 is 11.8 Å². The zero-order valence-electron chi connectivity index (χ0n) is 12.7. The van der Waals surface area contributed by atoms with Crippen molar-refractivity contribution in [3.8, 4) is 5.75 Å². The van der Waals surface area contributed by atoms with Gasteiger partial charge in [0.15, 0.2) is 0 Å². The average molecular weight is 301 g/mol. The molecule has 0 aromatic heterocycles. The third-order valence-electron chi connectivity index (χ3n) is 3.44. The van der Waals surface area contributed by atoms with Gasteiger partial charge in [-0.3, -0.25) is 0 Å². The van der Waals surface area contributed by atoms with E-state index in [-0.39, 0.29) is 6.04 Å². The molecule has 0 spiro atoms. The van der Waals surface area contributed by atoms with Gasteiger partial charge in [0.2, 0.25) is 0 Å². The molecule has 0 aliphatic carbocycles. The van der Waals surface area contributed by atoms with Crippen molar-refractivity contribution in [3.63, 3.8) is 0 Å². The Hall–Kier alpha value is -1.45. The molecule has 0 aliphatic rings. The van der Waals surface area contributed by atoms with Gasteiger partial charge in [0.1, 0.15) is 5.75 Å². The number of nitrogens with two attached hydrogens (primary N) is 1. The van der Waals surface area contributed by atoms with Gasteiger partial charge in [-0.05, 0) is 42.7 Å². The first-order valence-corrected chi connectivity index (χ1v) is 8.46. The molecule has 0 radical (unpaired) electrons. The highest BCUT2D eigenvalue weighted by Gasteiger charge is 2.07. The topological polar surface area (TPSA) is 35.2 Å². The third-order valence-corrected chi connectivity index (χ3v) is 4.55. The zero-order valence-corrected chi connectivity index (χ0v) is 13.5. The molecule has 0 aliphatic heterocycles. The minimum Gasteiger partial charge on any atom is -0.494 e. The van der Waals surface area contributed by atoms with Crippen molar-refractivity contribution in [1.82, 2.24) is 0 Å². The lowest BCUT2D eigenvalue weighted by molar-refractivity contribution is 0.340. The van der Waals surface area contributed by atoms with Gasteiger partial charge < -0.3 is 10.5 Å². The second-order valence-corrected chi connectivity index (χ2v) is 6.08. The molecule has 2 aromatic rings. The van der Waals surface area contributed by atoms with Crippen LogP contribution in [0.4, 0.5) is 0 Å². The number of thioether (sulfide) groups is 1. The summed E-state index contributed by atoms with van der Waals surface area (Å²) in [6.45, 7) is 4.84. The lowest BCUT2D eigenvalue weighted by atomic mass is 10.1. The van der Waals surface area contributed by atoms with Gasteiger partial charge in [-0.25, -0.2) is 0 Å². The summed E-state index contributed by atoms with van der Waals surface area (Å²) in [5, 5.41) is 0. The van der Waals surface area contributed by atoms with Crippen LogP contribution in [0.15, 0.2) is 48.5 Å². The second kappa shape index (κ2) is 8.11.